The summed E-state index contributed by atoms with van der Waals surface area (Å²) in [4.78, 5) is 17.6. The van der Waals surface area contributed by atoms with Gasteiger partial charge in [0.05, 0.1) is 22.4 Å². The number of rotatable bonds is 6. The third-order valence-corrected chi connectivity index (χ3v) is 5.61. The Bertz CT molecular complexity index is 1320. The molecular weight excluding hydrogens is 429 g/mol. The van der Waals surface area contributed by atoms with Crippen LogP contribution in [-0.2, 0) is 11.2 Å². The fraction of sp³-hybridized carbons (Fsp3) is 0.217. The first kappa shape index (κ1) is 21.6. The Morgan fingerprint density at radius 3 is 2.88 bits per heavy atom. The highest BCUT2D eigenvalue weighted by Crippen LogP contribution is 2.28. The molecule has 0 fully saturated rings. The predicted molar refractivity (Wildman–Crippen MR) is 125 cm³/mol. The molecule has 7 nitrogen and oxygen atoms in total. The summed E-state index contributed by atoms with van der Waals surface area (Å²) in [6.45, 7) is 2.94. The molecule has 3 aromatic rings. The molecule has 1 aliphatic rings. The van der Waals surface area contributed by atoms with Gasteiger partial charge in [0.25, 0.3) is 0 Å². The molecule has 2 heterocycles. The Morgan fingerprint density at radius 1 is 1.22 bits per heavy atom. The molecule has 0 amide bonds. The molecule has 9 heteroatoms. The number of halogens is 1. The number of anilines is 1. The first-order valence-electron chi connectivity index (χ1n) is 10.1. The van der Waals surface area contributed by atoms with E-state index in [0.717, 1.165) is 21.7 Å². The topological polar surface area (TPSA) is 91.5 Å². The maximum Gasteiger partial charge on any atom is 0.248 e. The van der Waals surface area contributed by atoms with Crippen molar-refractivity contribution in [3.8, 4) is 5.88 Å². The molecule has 1 aromatic heterocycles. The van der Waals surface area contributed by atoms with Crippen molar-refractivity contribution in [3.05, 3.63) is 74.9 Å². The zero-order chi connectivity index (χ0) is 22.5. The van der Waals surface area contributed by atoms with E-state index in [1.807, 2.05) is 37.3 Å². The number of benzene rings is 2. The third kappa shape index (κ3) is 5.00. The van der Waals surface area contributed by atoms with Crippen molar-refractivity contribution in [3.63, 3.8) is 0 Å². The number of hydrogen-bond donors (Lipinski definition) is 2. The van der Waals surface area contributed by atoms with Crippen LogP contribution >= 0.6 is 11.3 Å². The second kappa shape index (κ2) is 9.69. The Morgan fingerprint density at radius 2 is 2.09 bits per heavy atom. The highest BCUT2D eigenvalue weighted by Gasteiger charge is 2.15. The van der Waals surface area contributed by atoms with Gasteiger partial charge >= 0.3 is 0 Å². The van der Waals surface area contributed by atoms with E-state index in [0.29, 0.717) is 41.4 Å². The molecule has 2 N–H and O–H groups in total. The summed E-state index contributed by atoms with van der Waals surface area (Å²) in [5, 5.41) is 15.6. The quantitative estimate of drug-likeness (QED) is 0.603. The molecule has 0 saturated carbocycles. The number of thiazole rings is 1. The van der Waals surface area contributed by atoms with Gasteiger partial charge in [-0.25, -0.2) is 9.38 Å². The fourth-order valence-electron chi connectivity index (χ4n) is 3.19. The summed E-state index contributed by atoms with van der Waals surface area (Å²) in [6.07, 6.45) is 2.49. The van der Waals surface area contributed by atoms with Crippen LogP contribution in [0.25, 0.3) is 6.08 Å². The highest BCUT2D eigenvalue weighted by molar-refractivity contribution is 7.16. The van der Waals surface area contributed by atoms with Crippen molar-refractivity contribution in [2.75, 3.05) is 25.5 Å². The monoisotopic (exact) mass is 451 g/mol. The van der Waals surface area contributed by atoms with E-state index in [2.05, 4.69) is 25.3 Å². The second-order valence-electron chi connectivity index (χ2n) is 6.92. The summed E-state index contributed by atoms with van der Waals surface area (Å²) in [6, 6.07) is 12.2. The maximum atomic E-state index is 13.3. The third-order valence-electron chi connectivity index (χ3n) is 4.67. The molecule has 0 aliphatic carbocycles. The summed E-state index contributed by atoms with van der Waals surface area (Å²) in [5.41, 5.74) is 1.66. The number of aromatic hydroxyl groups is 1. The average Bonchev–Trinajstić information content (AvgIpc) is 3.13. The molecule has 0 unspecified atom stereocenters. The van der Waals surface area contributed by atoms with Gasteiger partial charge in [0, 0.05) is 13.6 Å². The Balaban J connectivity index is 1.54. The number of fused-ring (bicyclic) bond motifs is 1. The van der Waals surface area contributed by atoms with E-state index in [9.17, 15) is 9.50 Å². The number of nitrogens with zero attached hydrogens (tertiary/aromatic N) is 4. The molecule has 32 heavy (non-hydrogen) atoms. The van der Waals surface area contributed by atoms with Gasteiger partial charge in [0.15, 0.2) is 5.13 Å². The van der Waals surface area contributed by atoms with Crippen molar-refractivity contribution < 1.29 is 14.2 Å². The first-order valence-corrected chi connectivity index (χ1v) is 10.9. The van der Waals surface area contributed by atoms with Crippen molar-refractivity contribution in [1.29, 1.82) is 0 Å². The molecular formula is C23H22FN5O2S. The number of nitrogens with one attached hydrogen (secondary N) is 1. The van der Waals surface area contributed by atoms with Gasteiger partial charge in [-0.05, 0) is 54.5 Å². The highest BCUT2D eigenvalue weighted by atomic mass is 32.1. The minimum atomic E-state index is -0.250. The van der Waals surface area contributed by atoms with Gasteiger partial charge in [-0.1, -0.05) is 29.5 Å². The van der Waals surface area contributed by atoms with Gasteiger partial charge < -0.3 is 15.2 Å². The van der Waals surface area contributed by atoms with E-state index in [1.165, 1.54) is 23.5 Å². The zero-order valence-electron chi connectivity index (χ0n) is 17.7. The van der Waals surface area contributed by atoms with Crippen LogP contribution in [0, 0.1) is 5.82 Å². The van der Waals surface area contributed by atoms with Crippen LogP contribution in [0.15, 0.2) is 57.4 Å². The Kier molecular flexibility index (Phi) is 6.55. The summed E-state index contributed by atoms with van der Waals surface area (Å²) in [5.74, 6) is 0.540. The lowest BCUT2D eigenvalue weighted by atomic mass is 10.1. The molecule has 164 valence electrons. The average molecular weight is 452 g/mol. The van der Waals surface area contributed by atoms with E-state index in [4.69, 9.17) is 4.74 Å². The molecule has 0 bridgehead atoms. The fourth-order valence-corrected chi connectivity index (χ4v) is 4.04. The van der Waals surface area contributed by atoms with Crippen molar-refractivity contribution in [2.45, 2.75) is 13.3 Å². The van der Waals surface area contributed by atoms with Crippen LogP contribution in [0.2, 0.25) is 0 Å². The largest absolute Gasteiger partial charge is 0.492 e. The zero-order valence-corrected chi connectivity index (χ0v) is 18.5. The smallest absolute Gasteiger partial charge is 0.248 e. The van der Waals surface area contributed by atoms with Crippen LogP contribution in [0.3, 0.4) is 0 Å². The van der Waals surface area contributed by atoms with Gasteiger partial charge in [-0.15, -0.1) is 0 Å². The SMILES string of the molecule is CCOC1=NC(=NC)N=c2ccc(=Cc3sc(NCCc4cccc(F)c4)nc3O)cc21. The lowest BCUT2D eigenvalue weighted by molar-refractivity contribution is 0.328. The number of guanidine groups is 1. The second-order valence-corrected chi connectivity index (χ2v) is 7.95. The van der Waals surface area contributed by atoms with Crippen molar-refractivity contribution >= 4 is 34.4 Å². The van der Waals surface area contributed by atoms with E-state index in [-0.39, 0.29) is 11.7 Å². The van der Waals surface area contributed by atoms with Crippen LogP contribution in [-0.4, -0.2) is 42.1 Å². The standard InChI is InChI=1S/C23H22FN5O2S/c1-3-31-21-17-12-15(7-8-18(17)27-22(25-2)29-21)13-19-20(30)28-23(32-19)26-10-9-14-5-4-6-16(24)11-14/h4-8,11-13,30H,3,9-10H2,1-2H3,(H,26,28). The van der Waals surface area contributed by atoms with Gasteiger partial charge in [-0.3, -0.25) is 4.99 Å². The Labute approximate surface area is 188 Å². The van der Waals surface area contributed by atoms with Crippen LogP contribution in [0.4, 0.5) is 9.52 Å². The molecule has 0 atom stereocenters. The maximum absolute atomic E-state index is 13.3. The minimum absolute atomic E-state index is 0.0511. The van der Waals surface area contributed by atoms with Gasteiger partial charge in [0.2, 0.25) is 17.7 Å². The van der Waals surface area contributed by atoms with Crippen LogP contribution in [0.5, 0.6) is 5.88 Å². The van der Waals surface area contributed by atoms with Crippen LogP contribution < -0.4 is 15.9 Å². The number of aliphatic imine (C=N–C) groups is 2. The summed E-state index contributed by atoms with van der Waals surface area (Å²) >= 11 is 1.34. The summed E-state index contributed by atoms with van der Waals surface area (Å²) < 4.78 is 19.0. The molecule has 0 spiro atoms. The molecule has 4 rings (SSSR count). The lowest BCUT2D eigenvalue weighted by Crippen LogP contribution is -2.27. The first-order chi connectivity index (χ1) is 15.6. The molecule has 0 radical (unpaired) electrons. The molecule has 1 aliphatic heterocycles. The van der Waals surface area contributed by atoms with E-state index in [1.54, 1.807) is 13.1 Å². The van der Waals surface area contributed by atoms with E-state index >= 15 is 0 Å². The van der Waals surface area contributed by atoms with Crippen molar-refractivity contribution in [1.82, 2.24) is 4.98 Å². The minimum Gasteiger partial charge on any atom is -0.492 e. The molecule has 0 saturated heterocycles. The predicted octanol–water partition coefficient (Wildman–Crippen LogP) is 2.87. The Hall–Kier alpha value is -3.59. The number of aromatic nitrogens is 1. The van der Waals surface area contributed by atoms with Gasteiger partial charge in [-0.2, -0.15) is 9.98 Å². The van der Waals surface area contributed by atoms with Gasteiger partial charge in [0.1, 0.15) is 5.82 Å². The summed E-state index contributed by atoms with van der Waals surface area (Å²) in [7, 11) is 1.63. The molecule has 2 aromatic carbocycles. The van der Waals surface area contributed by atoms with E-state index < -0.39 is 0 Å². The lowest BCUT2D eigenvalue weighted by Gasteiger charge is -2.11. The van der Waals surface area contributed by atoms with Crippen LogP contribution in [0.1, 0.15) is 22.9 Å². The number of hydrogen-bond acceptors (Lipinski definition) is 6. The number of ether oxygens (including phenoxy) is 1. The normalized spacial score (nSPS) is 14.7. The van der Waals surface area contributed by atoms with Crippen molar-refractivity contribution in [2.24, 2.45) is 15.0 Å².